The van der Waals surface area contributed by atoms with E-state index in [1.54, 1.807) is 12.1 Å². The highest BCUT2D eigenvalue weighted by Gasteiger charge is 2.38. The third-order valence-corrected chi connectivity index (χ3v) is 3.82. The molecule has 1 aliphatic rings. The topological polar surface area (TPSA) is 67.4 Å². The molecule has 0 heterocycles. The van der Waals surface area contributed by atoms with Crippen molar-refractivity contribution in [3.63, 3.8) is 0 Å². The molecule has 2 amide bonds. The van der Waals surface area contributed by atoms with Crippen LogP contribution >= 0.6 is 0 Å². The number of ether oxygens (including phenoxy) is 1. The van der Waals surface area contributed by atoms with Crippen LogP contribution in [0.1, 0.15) is 26.2 Å². The van der Waals surface area contributed by atoms with E-state index in [-0.39, 0.29) is 30.0 Å². The van der Waals surface area contributed by atoms with Gasteiger partial charge >= 0.3 is 0 Å². The van der Waals surface area contributed by atoms with Crippen LogP contribution in [0.4, 0.5) is 4.39 Å². The lowest BCUT2D eigenvalue weighted by molar-refractivity contribution is -0.123. The molecular weight excluding hydrogens is 299 g/mol. The molecule has 0 saturated heterocycles. The minimum absolute atomic E-state index is 0.0537. The molecule has 2 atom stereocenters. The summed E-state index contributed by atoms with van der Waals surface area (Å²) in [6.07, 6.45) is 1.90. The molecule has 1 saturated carbocycles. The Balaban J connectivity index is 1.46. The van der Waals surface area contributed by atoms with E-state index in [1.807, 2.05) is 6.92 Å². The number of carbonyl (C=O) groups is 2. The summed E-state index contributed by atoms with van der Waals surface area (Å²) in [6.45, 7) is 3.38. The average molecular weight is 322 g/mol. The molecule has 126 valence electrons. The quantitative estimate of drug-likeness (QED) is 0.682. The first-order valence-corrected chi connectivity index (χ1v) is 7.99. The second kappa shape index (κ2) is 8.50. The Hall–Kier alpha value is -2.11. The maximum absolute atomic E-state index is 12.7. The van der Waals surface area contributed by atoms with Gasteiger partial charge in [0.05, 0.1) is 6.61 Å². The van der Waals surface area contributed by atoms with E-state index in [2.05, 4.69) is 10.6 Å². The molecule has 0 aliphatic heterocycles. The molecule has 0 bridgehead atoms. The monoisotopic (exact) mass is 322 g/mol. The summed E-state index contributed by atoms with van der Waals surface area (Å²) in [6, 6.07) is 5.82. The van der Waals surface area contributed by atoms with Gasteiger partial charge in [0, 0.05) is 25.4 Å². The summed E-state index contributed by atoms with van der Waals surface area (Å²) in [7, 11) is 0. The van der Waals surface area contributed by atoms with Crippen molar-refractivity contribution in [2.75, 3.05) is 19.7 Å². The van der Waals surface area contributed by atoms with Gasteiger partial charge < -0.3 is 15.4 Å². The first-order valence-electron chi connectivity index (χ1n) is 7.99. The lowest BCUT2D eigenvalue weighted by Crippen LogP contribution is -2.32. The van der Waals surface area contributed by atoms with Gasteiger partial charge in [-0.25, -0.2) is 4.39 Å². The number of hydrogen-bond acceptors (Lipinski definition) is 3. The van der Waals surface area contributed by atoms with E-state index in [4.69, 9.17) is 4.74 Å². The maximum atomic E-state index is 12.7. The molecule has 2 rings (SSSR count). The van der Waals surface area contributed by atoms with Gasteiger partial charge in [0.25, 0.3) is 0 Å². The van der Waals surface area contributed by atoms with Crippen LogP contribution in [0, 0.1) is 17.7 Å². The van der Waals surface area contributed by atoms with E-state index in [9.17, 15) is 14.0 Å². The Kier molecular flexibility index (Phi) is 6.38. The summed E-state index contributed by atoms with van der Waals surface area (Å²) in [5, 5.41) is 5.55. The highest BCUT2D eigenvalue weighted by molar-refractivity contribution is 5.82. The van der Waals surface area contributed by atoms with Crippen LogP contribution in [0.25, 0.3) is 0 Å². The van der Waals surface area contributed by atoms with Crippen molar-refractivity contribution in [3.8, 4) is 5.75 Å². The first-order chi connectivity index (χ1) is 11.1. The molecule has 0 aromatic heterocycles. The predicted octanol–water partition coefficient (Wildman–Crippen LogP) is 1.87. The number of hydrogen-bond donors (Lipinski definition) is 2. The fourth-order valence-electron chi connectivity index (χ4n) is 2.23. The van der Waals surface area contributed by atoms with Crippen LogP contribution in [0.2, 0.25) is 0 Å². The Morgan fingerprint density at radius 3 is 2.57 bits per heavy atom. The largest absolute Gasteiger partial charge is 0.494 e. The van der Waals surface area contributed by atoms with E-state index in [0.29, 0.717) is 37.8 Å². The van der Waals surface area contributed by atoms with Gasteiger partial charge in [-0.3, -0.25) is 9.59 Å². The fraction of sp³-hybridized carbons (Fsp3) is 0.529. The van der Waals surface area contributed by atoms with Gasteiger partial charge in [-0.2, -0.15) is 0 Å². The Morgan fingerprint density at radius 2 is 1.91 bits per heavy atom. The van der Waals surface area contributed by atoms with E-state index in [0.717, 1.165) is 6.42 Å². The van der Waals surface area contributed by atoms with Crippen molar-refractivity contribution in [1.82, 2.24) is 10.6 Å². The maximum Gasteiger partial charge on any atom is 0.223 e. The summed E-state index contributed by atoms with van der Waals surface area (Å²) in [5.74, 6) is 0.892. The van der Waals surface area contributed by atoms with Crippen LogP contribution < -0.4 is 15.4 Å². The average Bonchev–Trinajstić information content (AvgIpc) is 3.26. The van der Waals surface area contributed by atoms with Crippen LogP contribution in [-0.2, 0) is 9.59 Å². The minimum Gasteiger partial charge on any atom is -0.494 e. The highest BCUT2D eigenvalue weighted by atomic mass is 19.1. The SMILES string of the molecule is C[C@H]1C[C@@H]1C(=O)NCCC(=O)NCCCOc1ccc(F)cc1. The summed E-state index contributed by atoms with van der Waals surface area (Å²) in [5.41, 5.74) is 0. The zero-order chi connectivity index (χ0) is 16.7. The minimum atomic E-state index is -0.298. The molecule has 5 nitrogen and oxygen atoms in total. The normalized spacial score (nSPS) is 19.0. The number of rotatable bonds is 9. The van der Waals surface area contributed by atoms with Crippen molar-refractivity contribution in [3.05, 3.63) is 30.1 Å². The van der Waals surface area contributed by atoms with Crippen LogP contribution in [0.15, 0.2) is 24.3 Å². The zero-order valence-electron chi connectivity index (χ0n) is 13.3. The summed E-state index contributed by atoms with van der Waals surface area (Å²) in [4.78, 5) is 23.2. The first kappa shape index (κ1) is 17.2. The number of amides is 2. The van der Waals surface area contributed by atoms with Crippen LogP contribution in [-0.4, -0.2) is 31.5 Å². The Morgan fingerprint density at radius 1 is 1.22 bits per heavy atom. The van der Waals surface area contributed by atoms with Gasteiger partial charge in [-0.1, -0.05) is 6.92 Å². The smallest absolute Gasteiger partial charge is 0.223 e. The lowest BCUT2D eigenvalue weighted by Gasteiger charge is -2.08. The van der Waals surface area contributed by atoms with Gasteiger partial charge in [-0.05, 0) is 43.0 Å². The lowest BCUT2D eigenvalue weighted by atomic mass is 10.3. The van der Waals surface area contributed by atoms with Gasteiger partial charge in [0.15, 0.2) is 0 Å². The molecule has 0 radical (unpaired) electrons. The standard InChI is InChI=1S/C17H23FN2O3/c1-12-11-15(12)17(22)20-9-7-16(21)19-8-2-10-23-14-5-3-13(18)4-6-14/h3-6,12,15H,2,7-11H2,1H3,(H,19,21)(H,20,22)/t12-,15-/m0/s1. The van der Waals surface area contributed by atoms with Crippen molar-refractivity contribution in [2.24, 2.45) is 11.8 Å². The number of halogens is 1. The van der Waals surface area contributed by atoms with Crippen molar-refractivity contribution < 1.29 is 18.7 Å². The van der Waals surface area contributed by atoms with Crippen molar-refractivity contribution >= 4 is 11.8 Å². The molecule has 6 heteroatoms. The van der Waals surface area contributed by atoms with Gasteiger partial charge in [0.2, 0.25) is 11.8 Å². The highest BCUT2D eigenvalue weighted by Crippen LogP contribution is 2.37. The Bertz CT molecular complexity index is 533. The summed E-state index contributed by atoms with van der Waals surface area (Å²) < 4.78 is 18.1. The zero-order valence-corrected chi connectivity index (χ0v) is 13.3. The third kappa shape index (κ3) is 6.26. The van der Waals surface area contributed by atoms with Gasteiger partial charge in [-0.15, -0.1) is 0 Å². The molecule has 1 aromatic rings. The molecule has 1 aliphatic carbocycles. The molecule has 23 heavy (non-hydrogen) atoms. The fourth-order valence-corrected chi connectivity index (χ4v) is 2.23. The molecular formula is C17H23FN2O3. The predicted molar refractivity (Wildman–Crippen MR) is 84.4 cm³/mol. The molecule has 1 fully saturated rings. The number of nitrogens with one attached hydrogen (secondary N) is 2. The van der Waals surface area contributed by atoms with E-state index < -0.39 is 0 Å². The van der Waals surface area contributed by atoms with Crippen molar-refractivity contribution in [1.29, 1.82) is 0 Å². The van der Waals surface area contributed by atoms with Gasteiger partial charge in [0.1, 0.15) is 11.6 Å². The third-order valence-electron chi connectivity index (χ3n) is 3.82. The van der Waals surface area contributed by atoms with Crippen LogP contribution in [0.3, 0.4) is 0 Å². The van der Waals surface area contributed by atoms with E-state index >= 15 is 0 Å². The Labute approximate surface area is 135 Å². The number of benzene rings is 1. The van der Waals surface area contributed by atoms with E-state index in [1.165, 1.54) is 12.1 Å². The summed E-state index contributed by atoms with van der Waals surface area (Å²) >= 11 is 0. The molecule has 1 aromatic carbocycles. The molecule has 0 unspecified atom stereocenters. The number of carbonyl (C=O) groups excluding carboxylic acids is 2. The second-order valence-electron chi connectivity index (χ2n) is 5.87. The molecule has 0 spiro atoms. The van der Waals surface area contributed by atoms with Crippen LogP contribution in [0.5, 0.6) is 5.75 Å². The van der Waals surface area contributed by atoms with Crippen molar-refractivity contribution in [2.45, 2.75) is 26.2 Å². The molecule has 2 N–H and O–H groups in total. The second-order valence-corrected chi connectivity index (χ2v) is 5.87.